The second-order valence-electron chi connectivity index (χ2n) is 14.3. The number of nitrogens with one attached hydrogen (secondary N) is 2. The molecule has 56 heavy (non-hydrogen) atoms. The molecule has 288 valence electrons. The minimum Gasteiger partial charge on any atom is -0.381 e. The molecule has 3 aliphatic heterocycles. The molecule has 8 rings (SSSR count). The zero-order valence-corrected chi connectivity index (χ0v) is 30.8. The van der Waals surface area contributed by atoms with E-state index in [1.165, 1.54) is 29.2 Å². The van der Waals surface area contributed by atoms with Gasteiger partial charge < -0.3 is 25.2 Å². The Morgan fingerprint density at radius 2 is 1.64 bits per heavy atom. The number of anilines is 4. The number of carbonyl (C=O) groups is 3. The maximum Gasteiger partial charge on any atom is 0.418 e. The van der Waals surface area contributed by atoms with Gasteiger partial charge in [-0.3, -0.25) is 14.4 Å². The molecule has 3 aromatic carbocycles. The Labute approximate surface area is 322 Å². The van der Waals surface area contributed by atoms with Gasteiger partial charge in [0.25, 0.3) is 17.7 Å². The highest BCUT2D eigenvalue weighted by Crippen LogP contribution is 2.44. The van der Waals surface area contributed by atoms with E-state index in [0.29, 0.717) is 39.1 Å². The van der Waals surface area contributed by atoms with Crippen LogP contribution >= 0.6 is 11.3 Å². The first-order valence-corrected chi connectivity index (χ1v) is 18.7. The molecular weight excluding hydrogens is 754 g/mol. The monoisotopic (exact) mass is 787 g/mol. The number of para-hydroxylation sites is 1. The van der Waals surface area contributed by atoms with Crippen LogP contribution in [-0.2, 0) is 17.3 Å². The number of halogens is 5. The van der Waals surface area contributed by atoms with E-state index in [1.54, 1.807) is 36.4 Å². The Morgan fingerprint density at radius 1 is 0.893 bits per heavy atom. The number of alkyl halides is 3. The number of ether oxygens (including phenoxy) is 1. The van der Waals surface area contributed by atoms with E-state index in [9.17, 15) is 36.3 Å². The van der Waals surface area contributed by atoms with Crippen molar-refractivity contribution in [2.75, 3.05) is 53.3 Å². The quantitative estimate of drug-likeness (QED) is 0.167. The van der Waals surface area contributed by atoms with Gasteiger partial charge in [-0.1, -0.05) is 6.07 Å². The average molecular weight is 788 g/mol. The van der Waals surface area contributed by atoms with Gasteiger partial charge in [-0.2, -0.15) is 13.2 Å². The molecule has 0 radical (unpaired) electrons. The van der Waals surface area contributed by atoms with Crippen LogP contribution in [-0.4, -0.2) is 55.6 Å². The van der Waals surface area contributed by atoms with Crippen molar-refractivity contribution in [1.29, 1.82) is 0 Å². The first-order chi connectivity index (χ1) is 26.8. The molecule has 15 heteroatoms. The molecule has 9 nitrogen and oxygen atoms in total. The molecule has 1 spiro atoms. The zero-order valence-electron chi connectivity index (χ0n) is 29.9. The van der Waals surface area contributed by atoms with Crippen LogP contribution in [0.2, 0.25) is 0 Å². The fourth-order valence-electron chi connectivity index (χ4n) is 7.55. The van der Waals surface area contributed by atoms with Gasteiger partial charge in [-0.05, 0) is 105 Å². The molecule has 0 bridgehead atoms. The third kappa shape index (κ3) is 7.12. The van der Waals surface area contributed by atoms with Crippen molar-refractivity contribution in [2.45, 2.75) is 32.4 Å². The molecule has 3 aliphatic rings. The molecule has 5 aromatic rings. The van der Waals surface area contributed by atoms with Gasteiger partial charge in [-0.15, -0.1) is 11.3 Å². The smallest absolute Gasteiger partial charge is 0.381 e. The first kappa shape index (κ1) is 37.3. The number of nitrogens with zero attached hydrogens (tertiary/aromatic N) is 3. The Bertz CT molecular complexity index is 2370. The summed E-state index contributed by atoms with van der Waals surface area (Å²) < 4.78 is 75.5. The van der Waals surface area contributed by atoms with Crippen LogP contribution in [0.15, 0.2) is 78.9 Å². The van der Waals surface area contributed by atoms with Crippen molar-refractivity contribution in [3.8, 4) is 10.4 Å². The summed E-state index contributed by atoms with van der Waals surface area (Å²) in [7, 11) is 0. The molecule has 0 atom stereocenters. The number of amides is 3. The lowest BCUT2D eigenvalue weighted by atomic mass is 9.73. The number of carbonyl (C=O) groups excluding carboxylic acids is 3. The van der Waals surface area contributed by atoms with Crippen molar-refractivity contribution in [2.24, 2.45) is 5.41 Å². The Balaban J connectivity index is 0.992. The highest BCUT2D eigenvalue weighted by atomic mass is 32.1. The molecule has 3 amide bonds. The number of hydrogen-bond acceptors (Lipinski definition) is 7. The van der Waals surface area contributed by atoms with Crippen molar-refractivity contribution in [3.05, 3.63) is 123 Å². The second kappa shape index (κ2) is 14.4. The molecule has 5 heterocycles. The minimum atomic E-state index is -4.91. The van der Waals surface area contributed by atoms with Crippen LogP contribution in [0.3, 0.4) is 0 Å². The highest BCUT2D eigenvalue weighted by molar-refractivity contribution is 7.17. The van der Waals surface area contributed by atoms with E-state index >= 15 is 0 Å². The van der Waals surface area contributed by atoms with Gasteiger partial charge in [0.1, 0.15) is 17.5 Å². The lowest BCUT2D eigenvalue weighted by molar-refractivity contribution is -0.137. The summed E-state index contributed by atoms with van der Waals surface area (Å²) in [6, 6.07) is 17.7. The van der Waals surface area contributed by atoms with Crippen molar-refractivity contribution in [1.82, 2.24) is 4.98 Å². The van der Waals surface area contributed by atoms with Crippen molar-refractivity contribution >= 4 is 51.9 Å². The SMILES string of the molecule is Cc1ccc(C(=O)Nc2ccc(C(=O)N3CCc4cc(C(=O)Nc5c(F)cccc5C(F)(F)F)sc4-c4ccc(F)cc43)cc2)c(N2CC3(CCOCC3)C2)n1. The largest absolute Gasteiger partial charge is 0.418 e. The number of fused-ring (bicyclic) bond motifs is 3. The van der Waals surface area contributed by atoms with Crippen LogP contribution in [0.1, 0.15) is 60.1 Å². The van der Waals surface area contributed by atoms with E-state index < -0.39 is 40.9 Å². The molecule has 0 saturated carbocycles. The fraction of sp³-hybridized carbons (Fsp3) is 0.268. The summed E-state index contributed by atoms with van der Waals surface area (Å²) in [6.45, 7) is 5.04. The van der Waals surface area contributed by atoms with E-state index in [-0.39, 0.29) is 40.4 Å². The Morgan fingerprint density at radius 3 is 2.38 bits per heavy atom. The number of benzene rings is 3. The number of hydrogen-bond donors (Lipinski definition) is 2. The topological polar surface area (TPSA) is 104 Å². The highest BCUT2D eigenvalue weighted by Gasteiger charge is 2.45. The molecule has 0 aliphatic carbocycles. The summed E-state index contributed by atoms with van der Waals surface area (Å²) in [5.74, 6) is -2.94. The van der Waals surface area contributed by atoms with Crippen molar-refractivity contribution < 1.29 is 41.1 Å². The van der Waals surface area contributed by atoms with Gasteiger partial charge in [0.05, 0.1) is 27.4 Å². The molecule has 2 saturated heterocycles. The van der Waals surface area contributed by atoms with Gasteiger partial charge in [-0.25, -0.2) is 13.8 Å². The van der Waals surface area contributed by atoms with Crippen LogP contribution in [0, 0.1) is 24.0 Å². The lowest BCUT2D eigenvalue weighted by Crippen LogP contribution is -2.59. The van der Waals surface area contributed by atoms with Crippen LogP contribution < -0.4 is 20.4 Å². The van der Waals surface area contributed by atoms with E-state index in [1.807, 2.05) is 6.92 Å². The van der Waals surface area contributed by atoms with Crippen LogP contribution in [0.25, 0.3) is 10.4 Å². The zero-order chi connectivity index (χ0) is 39.4. The molecule has 2 fully saturated rings. The number of rotatable bonds is 6. The maximum absolute atomic E-state index is 14.7. The van der Waals surface area contributed by atoms with Crippen molar-refractivity contribution in [3.63, 3.8) is 0 Å². The number of pyridine rings is 1. The van der Waals surface area contributed by atoms with Crippen LogP contribution in [0.4, 0.5) is 44.8 Å². The summed E-state index contributed by atoms with van der Waals surface area (Å²) in [6.07, 6.45) is -2.73. The maximum atomic E-state index is 14.7. The summed E-state index contributed by atoms with van der Waals surface area (Å²) in [5, 5.41) is 4.99. The number of thiophene rings is 1. The molecule has 2 aromatic heterocycles. The van der Waals surface area contributed by atoms with Gasteiger partial charge in [0, 0.05) is 65.6 Å². The third-order valence-electron chi connectivity index (χ3n) is 10.5. The Hall–Kier alpha value is -5.67. The fourth-order valence-corrected chi connectivity index (χ4v) is 8.69. The number of aromatic nitrogens is 1. The van der Waals surface area contributed by atoms with Gasteiger partial charge in [0.15, 0.2) is 0 Å². The standard InChI is InChI=1S/C41H34F5N5O4S/c1-23-5-11-29(36(47-23)50-21-40(22-50)14-17-55-18-15-40)37(52)48-27-9-6-24(7-10-27)39(54)51-16-13-25-19-33(56-35(25)28-12-8-26(42)20-32(28)51)38(53)49-34-30(41(44,45)46)3-2-4-31(34)43/h2-12,19-20H,13-18,21-22H2,1H3,(H,48,52)(H,49,53). The summed E-state index contributed by atoms with van der Waals surface area (Å²) in [5.41, 5.74) is 1.13. The first-order valence-electron chi connectivity index (χ1n) is 17.9. The van der Waals surface area contributed by atoms with E-state index in [4.69, 9.17) is 9.72 Å². The van der Waals surface area contributed by atoms with E-state index in [0.717, 1.165) is 68.3 Å². The molecule has 2 N–H and O–H groups in total. The average Bonchev–Trinajstić information content (AvgIpc) is 3.52. The second-order valence-corrected chi connectivity index (χ2v) is 15.3. The predicted molar refractivity (Wildman–Crippen MR) is 203 cm³/mol. The van der Waals surface area contributed by atoms with Gasteiger partial charge in [0.2, 0.25) is 0 Å². The number of aryl methyl sites for hydroxylation is 1. The van der Waals surface area contributed by atoms with E-state index in [2.05, 4.69) is 15.5 Å². The molecular formula is C41H34F5N5O4S. The Kier molecular flexibility index (Phi) is 9.61. The third-order valence-corrected chi connectivity index (χ3v) is 11.7. The molecule has 0 unspecified atom stereocenters. The van der Waals surface area contributed by atoms with Crippen LogP contribution in [0.5, 0.6) is 0 Å². The summed E-state index contributed by atoms with van der Waals surface area (Å²) in [4.78, 5) is 49.5. The normalized spacial score (nSPS) is 16.0. The lowest BCUT2D eigenvalue weighted by Gasteiger charge is -2.53. The predicted octanol–water partition coefficient (Wildman–Crippen LogP) is 8.74. The minimum absolute atomic E-state index is 0.0146. The summed E-state index contributed by atoms with van der Waals surface area (Å²) >= 11 is 0.944. The van der Waals surface area contributed by atoms with Gasteiger partial charge >= 0.3 is 6.18 Å².